The van der Waals surface area contributed by atoms with Gasteiger partial charge in [-0.15, -0.1) is 11.3 Å². The first-order chi connectivity index (χ1) is 15.1. The highest BCUT2D eigenvalue weighted by molar-refractivity contribution is 7.15. The van der Waals surface area contributed by atoms with E-state index in [9.17, 15) is 22.0 Å². The van der Waals surface area contributed by atoms with Crippen LogP contribution in [0.15, 0.2) is 30.3 Å². The third-order valence-corrected chi connectivity index (χ3v) is 5.97. The zero-order chi connectivity index (χ0) is 23.6. The Balaban J connectivity index is 1.95. The molecule has 0 radical (unpaired) electrons. The molecular formula is C22H17F5N2O2S. The molecule has 2 aromatic carbocycles. The average molecular weight is 468 g/mol. The number of aromatic nitrogens is 1. The quantitative estimate of drug-likeness (QED) is 0.372. The van der Waals surface area contributed by atoms with Crippen LogP contribution in [0.4, 0.5) is 22.0 Å². The number of halogens is 5. The van der Waals surface area contributed by atoms with Gasteiger partial charge in [-0.2, -0.15) is 22.8 Å². The first-order valence-electron chi connectivity index (χ1n) is 9.38. The fourth-order valence-electron chi connectivity index (χ4n) is 3.07. The van der Waals surface area contributed by atoms with Crippen LogP contribution in [0.25, 0.3) is 10.6 Å². The van der Waals surface area contributed by atoms with E-state index in [0.717, 1.165) is 36.6 Å². The molecule has 1 unspecified atom stereocenters. The summed E-state index contributed by atoms with van der Waals surface area (Å²) >= 11 is 1.16. The molecule has 0 saturated heterocycles. The number of methoxy groups -OCH3 is 1. The standard InChI is InChI=1S/C22H17F5N2O2S/c1-4-16(31-19-15(23)9-13(10-28)18(30-3)17(19)24)20-11(2)29-21(32-20)12-5-7-14(8-6-12)22(25,26)27/h5-9,16H,4H2,1-3H3. The molecule has 168 valence electrons. The maximum absolute atomic E-state index is 14.8. The molecule has 32 heavy (non-hydrogen) atoms. The second-order valence-electron chi connectivity index (χ2n) is 6.75. The molecule has 0 fully saturated rings. The fourth-order valence-corrected chi connectivity index (χ4v) is 4.26. The Bertz CT molecular complexity index is 1170. The van der Waals surface area contributed by atoms with Crippen LogP contribution in [0.2, 0.25) is 0 Å². The Kier molecular flexibility index (Phi) is 6.69. The van der Waals surface area contributed by atoms with Gasteiger partial charge in [-0.1, -0.05) is 19.1 Å². The van der Waals surface area contributed by atoms with E-state index in [1.165, 1.54) is 12.1 Å². The average Bonchev–Trinajstić information content (AvgIpc) is 3.14. The zero-order valence-electron chi connectivity index (χ0n) is 17.2. The van der Waals surface area contributed by atoms with Gasteiger partial charge in [0, 0.05) is 5.56 Å². The van der Waals surface area contributed by atoms with Crippen molar-refractivity contribution in [1.82, 2.24) is 4.98 Å². The van der Waals surface area contributed by atoms with Gasteiger partial charge in [0.15, 0.2) is 17.3 Å². The predicted molar refractivity (Wildman–Crippen MR) is 109 cm³/mol. The summed E-state index contributed by atoms with van der Waals surface area (Å²) in [6.07, 6.45) is -4.89. The summed E-state index contributed by atoms with van der Waals surface area (Å²) in [4.78, 5) is 4.96. The van der Waals surface area contributed by atoms with Crippen LogP contribution in [0.5, 0.6) is 11.5 Å². The van der Waals surface area contributed by atoms with Gasteiger partial charge < -0.3 is 9.47 Å². The molecule has 0 bridgehead atoms. The fraction of sp³-hybridized carbons (Fsp3) is 0.273. The van der Waals surface area contributed by atoms with E-state index in [1.807, 2.05) is 0 Å². The topological polar surface area (TPSA) is 55.1 Å². The van der Waals surface area contributed by atoms with Crippen molar-refractivity contribution in [3.8, 4) is 28.1 Å². The molecule has 1 aromatic heterocycles. The third-order valence-electron chi connectivity index (χ3n) is 4.67. The number of thiazole rings is 1. The Morgan fingerprint density at radius 1 is 1.16 bits per heavy atom. The molecule has 1 atom stereocenters. The van der Waals surface area contributed by atoms with Gasteiger partial charge in [-0.25, -0.2) is 9.37 Å². The van der Waals surface area contributed by atoms with Crippen LogP contribution >= 0.6 is 11.3 Å². The second-order valence-corrected chi connectivity index (χ2v) is 7.78. The minimum absolute atomic E-state index is 0.304. The van der Waals surface area contributed by atoms with Crippen LogP contribution < -0.4 is 9.47 Å². The molecule has 0 N–H and O–H groups in total. The van der Waals surface area contributed by atoms with Crippen molar-refractivity contribution in [2.24, 2.45) is 0 Å². The SMILES string of the molecule is CCC(Oc1c(F)cc(C#N)c(OC)c1F)c1sc(-c2ccc(C(F)(F)F)cc2)nc1C. The summed E-state index contributed by atoms with van der Waals surface area (Å²) in [6.45, 7) is 3.43. The van der Waals surface area contributed by atoms with Crippen molar-refractivity contribution < 1.29 is 31.4 Å². The van der Waals surface area contributed by atoms with Crippen molar-refractivity contribution in [3.05, 3.63) is 63.7 Å². The van der Waals surface area contributed by atoms with Crippen molar-refractivity contribution in [1.29, 1.82) is 5.26 Å². The number of hydrogen-bond acceptors (Lipinski definition) is 5. The lowest BCUT2D eigenvalue weighted by molar-refractivity contribution is -0.137. The summed E-state index contributed by atoms with van der Waals surface area (Å²) in [7, 11) is 1.15. The van der Waals surface area contributed by atoms with Crippen molar-refractivity contribution in [2.75, 3.05) is 7.11 Å². The summed E-state index contributed by atoms with van der Waals surface area (Å²) in [5.41, 5.74) is -0.0746. The minimum Gasteiger partial charge on any atom is -0.492 e. The van der Waals surface area contributed by atoms with E-state index < -0.39 is 41.0 Å². The van der Waals surface area contributed by atoms with Crippen LogP contribution in [-0.2, 0) is 6.18 Å². The van der Waals surface area contributed by atoms with Gasteiger partial charge in [-0.3, -0.25) is 0 Å². The van der Waals surface area contributed by atoms with Crippen LogP contribution in [0.1, 0.15) is 41.1 Å². The maximum Gasteiger partial charge on any atom is 0.416 e. The lowest BCUT2D eigenvalue weighted by Gasteiger charge is -2.19. The third kappa shape index (κ3) is 4.53. The first kappa shape index (κ1) is 23.5. The minimum atomic E-state index is -4.44. The summed E-state index contributed by atoms with van der Waals surface area (Å²) in [5, 5.41) is 9.48. The van der Waals surface area contributed by atoms with Gasteiger partial charge in [0.2, 0.25) is 5.82 Å². The van der Waals surface area contributed by atoms with E-state index >= 15 is 0 Å². The molecule has 0 aliphatic heterocycles. The normalized spacial score (nSPS) is 12.3. The predicted octanol–water partition coefficient (Wildman–Crippen LogP) is 6.83. The summed E-state index contributed by atoms with van der Waals surface area (Å²) < 4.78 is 78.1. The number of ether oxygens (including phenoxy) is 2. The Labute approximate surface area is 184 Å². The molecule has 0 spiro atoms. The molecule has 3 rings (SSSR count). The molecule has 0 amide bonds. The highest BCUT2D eigenvalue weighted by atomic mass is 32.1. The number of rotatable bonds is 6. The molecule has 0 aliphatic carbocycles. The lowest BCUT2D eigenvalue weighted by Crippen LogP contribution is -2.10. The van der Waals surface area contributed by atoms with Crippen molar-refractivity contribution in [3.63, 3.8) is 0 Å². The second kappa shape index (κ2) is 9.12. The van der Waals surface area contributed by atoms with E-state index in [1.54, 1.807) is 19.9 Å². The first-order valence-corrected chi connectivity index (χ1v) is 10.2. The van der Waals surface area contributed by atoms with Crippen LogP contribution in [0, 0.1) is 29.9 Å². The summed E-state index contributed by atoms with van der Waals surface area (Å²) in [6, 6.07) is 7.05. The van der Waals surface area contributed by atoms with Crippen LogP contribution in [-0.4, -0.2) is 12.1 Å². The largest absolute Gasteiger partial charge is 0.492 e. The molecule has 10 heteroatoms. The Morgan fingerprint density at radius 2 is 1.81 bits per heavy atom. The van der Waals surface area contributed by atoms with Crippen molar-refractivity contribution >= 4 is 11.3 Å². The number of nitriles is 1. The summed E-state index contributed by atoms with van der Waals surface area (Å²) in [5.74, 6) is -3.29. The number of alkyl halides is 3. The maximum atomic E-state index is 14.8. The highest BCUT2D eigenvalue weighted by Crippen LogP contribution is 2.40. The van der Waals surface area contributed by atoms with Gasteiger partial charge in [0.25, 0.3) is 0 Å². The highest BCUT2D eigenvalue weighted by Gasteiger charge is 2.30. The van der Waals surface area contributed by atoms with Gasteiger partial charge in [0.05, 0.1) is 23.2 Å². The van der Waals surface area contributed by atoms with Crippen LogP contribution in [0.3, 0.4) is 0 Å². The smallest absolute Gasteiger partial charge is 0.416 e. The number of hydrogen-bond donors (Lipinski definition) is 0. The molecule has 4 nitrogen and oxygen atoms in total. The lowest BCUT2D eigenvalue weighted by atomic mass is 10.1. The molecular weight excluding hydrogens is 451 g/mol. The Hall–Kier alpha value is -3.19. The van der Waals surface area contributed by atoms with Gasteiger partial charge in [0.1, 0.15) is 22.7 Å². The van der Waals surface area contributed by atoms with E-state index in [-0.39, 0.29) is 5.56 Å². The molecule has 0 aliphatic rings. The Morgan fingerprint density at radius 3 is 2.34 bits per heavy atom. The van der Waals surface area contributed by atoms with E-state index in [0.29, 0.717) is 27.6 Å². The number of benzene rings is 2. The monoisotopic (exact) mass is 468 g/mol. The molecule has 0 saturated carbocycles. The molecule has 1 heterocycles. The van der Waals surface area contributed by atoms with Gasteiger partial charge >= 0.3 is 6.18 Å². The van der Waals surface area contributed by atoms with E-state index in [4.69, 9.17) is 14.7 Å². The number of aryl methyl sites for hydroxylation is 1. The van der Waals surface area contributed by atoms with Gasteiger partial charge in [-0.05, 0) is 31.5 Å². The van der Waals surface area contributed by atoms with E-state index in [2.05, 4.69) is 4.98 Å². The van der Waals surface area contributed by atoms with Crippen molar-refractivity contribution in [2.45, 2.75) is 32.5 Å². The number of nitrogens with zero attached hydrogens (tertiary/aromatic N) is 2. The molecule has 3 aromatic rings. The zero-order valence-corrected chi connectivity index (χ0v) is 18.0.